The number of methoxy groups -OCH3 is 1. The smallest absolute Gasteiger partial charge is 0.287 e. The molecule has 0 spiro atoms. The van der Waals surface area contributed by atoms with Gasteiger partial charge in [-0.3, -0.25) is 4.79 Å². The van der Waals surface area contributed by atoms with Gasteiger partial charge in [0.2, 0.25) is 0 Å². The highest BCUT2D eigenvalue weighted by Crippen LogP contribution is 2.31. The molecule has 1 amide bonds. The second-order valence-corrected chi connectivity index (χ2v) is 5.16. The Balaban J connectivity index is 2.12. The lowest BCUT2D eigenvalue weighted by Gasteiger charge is -2.14. The lowest BCUT2D eigenvalue weighted by Crippen LogP contribution is -2.22. The number of alkyl halides is 1. The van der Waals surface area contributed by atoms with Crippen LogP contribution in [0.2, 0.25) is 0 Å². The lowest BCUT2D eigenvalue weighted by molar-refractivity contribution is 0.0921. The molecule has 2 aromatic rings. The number of ether oxygens (including phenoxy) is 2. The number of nitrogens with one attached hydrogen (secondary N) is 1. The molecule has 0 aliphatic rings. The van der Waals surface area contributed by atoms with Crippen molar-refractivity contribution in [3.05, 3.63) is 46.9 Å². The Labute approximate surface area is 140 Å². The van der Waals surface area contributed by atoms with Gasteiger partial charge in [0.15, 0.2) is 17.3 Å². The fourth-order valence-corrected chi connectivity index (χ4v) is 2.46. The first kappa shape index (κ1) is 17.2. The van der Waals surface area contributed by atoms with Crippen LogP contribution in [0.1, 0.15) is 34.4 Å². The van der Waals surface area contributed by atoms with Gasteiger partial charge in [0.1, 0.15) is 5.76 Å². The summed E-state index contributed by atoms with van der Waals surface area (Å²) in [6, 6.07) is 7.21. The van der Waals surface area contributed by atoms with E-state index >= 15 is 0 Å². The maximum absolute atomic E-state index is 12.2. The van der Waals surface area contributed by atoms with Crippen molar-refractivity contribution < 1.29 is 18.7 Å². The van der Waals surface area contributed by atoms with Gasteiger partial charge in [0, 0.05) is 17.7 Å². The zero-order chi connectivity index (χ0) is 16.8. The molecular weight excluding hydrogens is 318 g/mol. The molecule has 1 aromatic heterocycles. The van der Waals surface area contributed by atoms with Crippen molar-refractivity contribution in [2.75, 3.05) is 13.7 Å². The maximum Gasteiger partial charge on any atom is 0.287 e. The van der Waals surface area contributed by atoms with Crippen LogP contribution in [0.25, 0.3) is 0 Å². The normalized spacial score (nSPS) is 10.4. The molecule has 1 heterocycles. The van der Waals surface area contributed by atoms with E-state index in [1.54, 1.807) is 20.1 Å². The number of carbonyl (C=O) groups is 1. The van der Waals surface area contributed by atoms with Crippen molar-refractivity contribution in [3.63, 3.8) is 0 Å². The Morgan fingerprint density at radius 3 is 2.74 bits per heavy atom. The predicted octanol–water partition coefficient (Wildman–Crippen LogP) is 3.66. The molecule has 0 aliphatic heterocycles. The largest absolute Gasteiger partial charge is 0.493 e. The van der Waals surface area contributed by atoms with Crippen LogP contribution in [-0.2, 0) is 12.4 Å². The van der Waals surface area contributed by atoms with Crippen LogP contribution in [0.15, 0.2) is 28.7 Å². The molecule has 23 heavy (non-hydrogen) atoms. The average Bonchev–Trinajstić information content (AvgIpc) is 2.94. The SMILES string of the molecule is CCOc1c(CNC(=O)c2cc(CCl)c(C)o2)cccc1OC. The molecular formula is C17H20ClNO4. The van der Waals surface area contributed by atoms with E-state index < -0.39 is 0 Å². The van der Waals surface area contributed by atoms with E-state index in [1.165, 1.54) is 0 Å². The summed E-state index contributed by atoms with van der Waals surface area (Å²) in [5.74, 6) is 2.19. The third-order valence-corrected chi connectivity index (χ3v) is 3.68. The van der Waals surface area contributed by atoms with Crippen molar-refractivity contribution in [1.82, 2.24) is 5.32 Å². The first-order valence-corrected chi connectivity index (χ1v) is 7.86. The number of para-hydroxylation sites is 1. The predicted molar refractivity (Wildman–Crippen MR) is 88.3 cm³/mol. The van der Waals surface area contributed by atoms with Gasteiger partial charge >= 0.3 is 0 Å². The number of furan rings is 1. The summed E-state index contributed by atoms with van der Waals surface area (Å²) < 4.78 is 16.3. The summed E-state index contributed by atoms with van der Waals surface area (Å²) in [6.45, 7) is 4.50. The highest BCUT2D eigenvalue weighted by Gasteiger charge is 2.16. The summed E-state index contributed by atoms with van der Waals surface area (Å²) in [5.41, 5.74) is 1.65. The highest BCUT2D eigenvalue weighted by atomic mass is 35.5. The van der Waals surface area contributed by atoms with Crippen LogP contribution in [0, 0.1) is 6.92 Å². The third-order valence-electron chi connectivity index (χ3n) is 3.40. The zero-order valence-corrected chi connectivity index (χ0v) is 14.2. The lowest BCUT2D eigenvalue weighted by atomic mass is 10.2. The number of hydrogen-bond acceptors (Lipinski definition) is 4. The Bertz CT molecular complexity index is 681. The molecule has 0 saturated heterocycles. The van der Waals surface area contributed by atoms with Gasteiger partial charge in [-0.1, -0.05) is 12.1 Å². The second kappa shape index (κ2) is 7.92. The maximum atomic E-state index is 12.2. The van der Waals surface area contributed by atoms with Crippen LogP contribution >= 0.6 is 11.6 Å². The van der Waals surface area contributed by atoms with Crippen LogP contribution < -0.4 is 14.8 Å². The number of carbonyl (C=O) groups excluding carboxylic acids is 1. The molecule has 124 valence electrons. The average molecular weight is 338 g/mol. The van der Waals surface area contributed by atoms with E-state index in [0.29, 0.717) is 36.3 Å². The zero-order valence-electron chi connectivity index (χ0n) is 13.4. The quantitative estimate of drug-likeness (QED) is 0.783. The molecule has 0 radical (unpaired) electrons. The van der Waals surface area contributed by atoms with Crippen molar-refractivity contribution in [3.8, 4) is 11.5 Å². The van der Waals surface area contributed by atoms with Crippen molar-refractivity contribution in [2.45, 2.75) is 26.3 Å². The number of hydrogen-bond donors (Lipinski definition) is 1. The van der Waals surface area contributed by atoms with E-state index in [1.807, 2.05) is 25.1 Å². The van der Waals surface area contributed by atoms with E-state index in [-0.39, 0.29) is 11.7 Å². The Morgan fingerprint density at radius 2 is 2.13 bits per heavy atom. The fraction of sp³-hybridized carbons (Fsp3) is 0.353. The van der Waals surface area contributed by atoms with E-state index in [9.17, 15) is 4.79 Å². The van der Waals surface area contributed by atoms with Gasteiger partial charge in [-0.15, -0.1) is 11.6 Å². The van der Waals surface area contributed by atoms with Gasteiger partial charge in [-0.25, -0.2) is 0 Å². The van der Waals surface area contributed by atoms with E-state index in [0.717, 1.165) is 11.1 Å². The summed E-state index contributed by atoms with van der Waals surface area (Å²) in [7, 11) is 1.58. The van der Waals surface area contributed by atoms with Crippen molar-refractivity contribution in [1.29, 1.82) is 0 Å². The van der Waals surface area contributed by atoms with Crippen molar-refractivity contribution >= 4 is 17.5 Å². The number of rotatable bonds is 7. The highest BCUT2D eigenvalue weighted by molar-refractivity contribution is 6.17. The first-order chi connectivity index (χ1) is 11.1. The second-order valence-electron chi connectivity index (χ2n) is 4.89. The minimum Gasteiger partial charge on any atom is -0.493 e. The third kappa shape index (κ3) is 3.99. The standard InChI is InChI=1S/C17H20ClNO4/c1-4-22-16-12(6-5-7-14(16)21-3)10-19-17(20)15-8-13(9-18)11(2)23-15/h5-8H,4,9-10H2,1-3H3,(H,19,20). The van der Waals surface area contributed by atoms with Gasteiger partial charge in [0.25, 0.3) is 5.91 Å². The van der Waals surface area contributed by atoms with Crippen LogP contribution in [0.3, 0.4) is 0 Å². The van der Waals surface area contributed by atoms with Crippen LogP contribution in [0.5, 0.6) is 11.5 Å². The fourth-order valence-electron chi connectivity index (χ4n) is 2.20. The molecule has 0 bridgehead atoms. The van der Waals surface area contributed by atoms with Gasteiger partial charge in [-0.2, -0.15) is 0 Å². The molecule has 0 atom stereocenters. The van der Waals surface area contributed by atoms with Gasteiger partial charge < -0.3 is 19.2 Å². The van der Waals surface area contributed by atoms with Crippen molar-refractivity contribution in [2.24, 2.45) is 0 Å². The Kier molecular flexibility index (Phi) is 5.93. The number of benzene rings is 1. The summed E-state index contributed by atoms with van der Waals surface area (Å²) in [4.78, 5) is 12.2. The monoisotopic (exact) mass is 337 g/mol. The molecule has 5 nitrogen and oxygen atoms in total. The minimum atomic E-state index is -0.297. The minimum absolute atomic E-state index is 0.249. The molecule has 1 N–H and O–H groups in total. The number of amides is 1. The molecule has 2 rings (SSSR count). The molecule has 0 unspecified atom stereocenters. The summed E-state index contributed by atoms with van der Waals surface area (Å²) in [6.07, 6.45) is 0. The van der Waals surface area contributed by atoms with E-state index in [4.69, 9.17) is 25.5 Å². The van der Waals surface area contributed by atoms with Crippen LogP contribution in [-0.4, -0.2) is 19.6 Å². The summed E-state index contributed by atoms with van der Waals surface area (Å²) in [5, 5.41) is 2.82. The molecule has 1 aromatic carbocycles. The molecule has 6 heteroatoms. The Morgan fingerprint density at radius 1 is 1.35 bits per heavy atom. The molecule has 0 fully saturated rings. The number of aryl methyl sites for hydroxylation is 1. The Hall–Kier alpha value is -2.14. The molecule has 0 saturated carbocycles. The first-order valence-electron chi connectivity index (χ1n) is 7.32. The topological polar surface area (TPSA) is 60.7 Å². The number of halogens is 1. The van der Waals surface area contributed by atoms with Gasteiger partial charge in [0.05, 0.1) is 19.6 Å². The summed E-state index contributed by atoms with van der Waals surface area (Å²) >= 11 is 5.79. The van der Waals surface area contributed by atoms with Gasteiger partial charge in [-0.05, 0) is 26.0 Å². The van der Waals surface area contributed by atoms with E-state index in [2.05, 4.69) is 5.32 Å². The molecule has 0 aliphatic carbocycles. The van der Waals surface area contributed by atoms with Crippen LogP contribution in [0.4, 0.5) is 0 Å².